The zero-order valence-electron chi connectivity index (χ0n) is 13.7. The summed E-state index contributed by atoms with van der Waals surface area (Å²) >= 11 is 0. The van der Waals surface area contributed by atoms with Gasteiger partial charge in [0.25, 0.3) is 0 Å². The normalized spacial score (nSPS) is 25.5. The van der Waals surface area contributed by atoms with Crippen LogP contribution in [0.1, 0.15) is 32.6 Å². The van der Waals surface area contributed by atoms with Crippen LogP contribution >= 0.6 is 0 Å². The zero-order chi connectivity index (χ0) is 15.2. The van der Waals surface area contributed by atoms with Gasteiger partial charge in [-0.05, 0) is 39.8 Å². The largest absolute Gasteiger partial charge is 0.381 e. The van der Waals surface area contributed by atoms with Gasteiger partial charge in [0.1, 0.15) is 0 Å². The number of likely N-dealkylation sites (tertiary alicyclic amines) is 1. The molecular formula is C16H30N2O3. The molecule has 122 valence electrons. The summed E-state index contributed by atoms with van der Waals surface area (Å²) in [5.74, 6) is 0.841. The molecule has 2 fully saturated rings. The van der Waals surface area contributed by atoms with Crippen LogP contribution in [0.25, 0.3) is 0 Å². The van der Waals surface area contributed by atoms with E-state index in [1.807, 2.05) is 23.9 Å². The first-order chi connectivity index (χ1) is 10.1. The molecule has 0 aliphatic carbocycles. The molecule has 0 radical (unpaired) electrons. The van der Waals surface area contributed by atoms with Gasteiger partial charge in [0.15, 0.2) is 0 Å². The first-order valence-corrected chi connectivity index (χ1v) is 8.26. The third-order valence-corrected chi connectivity index (χ3v) is 4.64. The molecule has 0 aromatic rings. The summed E-state index contributed by atoms with van der Waals surface area (Å²) in [6, 6.07) is 0.0121. The Morgan fingerprint density at radius 3 is 2.57 bits per heavy atom. The van der Waals surface area contributed by atoms with Crippen LogP contribution in [-0.2, 0) is 14.3 Å². The lowest BCUT2D eigenvalue weighted by atomic mass is 10.0. The third-order valence-electron chi connectivity index (χ3n) is 4.64. The van der Waals surface area contributed by atoms with Crippen molar-refractivity contribution < 1.29 is 14.3 Å². The van der Waals surface area contributed by atoms with Gasteiger partial charge in [-0.15, -0.1) is 0 Å². The molecule has 2 saturated heterocycles. The molecule has 0 bridgehead atoms. The molecule has 0 N–H and O–H groups in total. The maximum absolute atomic E-state index is 12.5. The molecule has 0 unspecified atom stereocenters. The topological polar surface area (TPSA) is 42.0 Å². The molecule has 1 amide bonds. The molecule has 2 heterocycles. The number of hydrogen-bond donors (Lipinski definition) is 0. The van der Waals surface area contributed by atoms with Crippen molar-refractivity contribution in [2.45, 2.75) is 44.8 Å². The monoisotopic (exact) mass is 298 g/mol. The number of amides is 1. The summed E-state index contributed by atoms with van der Waals surface area (Å²) in [4.78, 5) is 16.5. The van der Waals surface area contributed by atoms with E-state index < -0.39 is 0 Å². The first-order valence-electron chi connectivity index (χ1n) is 8.26. The number of hydrogen-bond acceptors (Lipinski definition) is 4. The number of carbonyl (C=O) groups is 1. The van der Waals surface area contributed by atoms with Gasteiger partial charge < -0.3 is 14.4 Å². The van der Waals surface area contributed by atoms with Crippen LogP contribution in [0, 0.1) is 5.92 Å². The highest BCUT2D eigenvalue weighted by Crippen LogP contribution is 2.19. The molecule has 2 atom stereocenters. The minimum Gasteiger partial charge on any atom is -0.381 e. The fourth-order valence-electron chi connectivity index (χ4n) is 3.20. The van der Waals surface area contributed by atoms with E-state index in [9.17, 15) is 4.79 Å². The molecule has 2 aliphatic rings. The van der Waals surface area contributed by atoms with Crippen molar-refractivity contribution in [2.75, 3.05) is 47.0 Å². The lowest BCUT2D eigenvalue weighted by Crippen LogP contribution is -2.49. The fourth-order valence-corrected chi connectivity index (χ4v) is 3.20. The van der Waals surface area contributed by atoms with Crippen LogP contribution in [0.3, 0.4) is 0 Å². The third kappa shape index (κ3) is 4.66. The van der Waals surface area contributed by atoms with Crippen LogP contribution in [0.2, 0.25) is 0 Å². The van der Waals surface area contributed by atoms with Crippen molar-refractivity contribution in [2.24, 2.45) is 5.92 Å². The van der Waals surface area contributed by atoms with E-state index in [0.717, 1.165) is 58.6 Å². The van der Waals surface area contributed by atoms with E-state index in [1.165, 1.54) is 0 Å². The second-order valence-corrected chi connectivity index (χ2v) is 6.48. The van der Waals surface area contributed by atoms with E-state index >= 15 is 0 Å². The summed E-state index contributed by atoms with van der Waals surface area (Å²) in [5.41, 5.74) is 0. The van der Waals surface area contributed by atoms with Gasteiger partial charge in [-0.1, -0.05) is 6.92 Å². The Kier molecular flexibility index (Phi) is 6.45. The fraction of sp³-hybridized carbons (Fsp3) is 0.938. The number of piperidine rings is 1. The van der Waals surface area contributed by atoms with Crippen molar-refractivity contribution in [1.29, 1.82) is 0 Å². The predicted octanol–water partition coefficient (Wildman–Crippen LogP) is 1.37. The van der Waals surface area contributed by atoms with Crippen LogP contribution < -0.4 is 0 Å². The SMILES string of the molecule is CC[C@@H](C(=O)N1CCC(OC[C@@H]2CCOC2)CC1)N(C)C. The Labute approximate surface area is 128 Å². The second-order valence-electron chi connectivity index (χ2n) is 6.48. The van der Waals surface area contributed by atoms with Gasteiger partial charge in [0.05, 0.1) is 25.4 Å². The smallest absolute Gasteiger partial charge is 0.239 e. The first kappa shape index (κ1) is 16.7. The van der Waals surface area contributed by atoms with Gasteiger partial charge in [-0.3, -0.25) is 9.69 Å². The van der Waals surface area contributed by atoms with Crippen molar-refractivity contribution in [3.8, 4) is 0 Å². The summed E-state index contributed by atoms with van der Waals surface area (Å²) in [6.45, 7) is 6.27. The van der Waals surface area contributed by atoms with Gasteiger partial charge in [0, 0.05) is 25.6 Å². The molecular weight excluding hydrogens is 268 g/mol. The molecule has 5 nitrogen and oxygen atoms in total. The lowest BCUT2D eigenvalue weighted by Gasteiger charge is -2.35. The van der Waals surface area contributed by atoms with Gasteiger partial charge in [0.2, 0.25) is 5.91 Å². The summed E-state index contributed by atoms with van der Waals surface area (Å²) in [7, 11) is 3.96. The van der Waals surface area contributed by atoms with E-state index in [2.05, 4.69) is 6.92 Å². The highest BCUT2D eigenvalue weighted by atomic mass is 16.5. The van der Waals surface area contributed by atoms with Crippen LogP contribution in [0.4, 0.5) is 0 Å². The molecule has 5 heteroatoms. The lowest BCUT2D eigenvalue weighted by molar-refractivity contribution is -0.139. The number of carbonyl (C=O) groups excluding carboxylic acids is 1. The van der Waals surface area contributed by atoms with Crippen molar-refractivity contribution >= 4 is 5.91 Å². The highest BCUT2D eigenvalue weighted by Gasteiger charge is 2.29. The number of nitrogens with zero attached hydrogens (tertiary/aromatic N) is 2. The van der Waals surface area contributed by atoms with Crippen molar-refractivity contribution in [1.82, 2.24) is 9.80 Å². The summed E-state index contributed by atoms with van der Waals surface area (Å²) < 4.78 is 11.4. The van der Waals surface area contributed by atoms with Crippen molar-refractivity contribution in [3.63, 3.8) is 0 Å². The number of likely N-dealkylation sites (N-methyl/N-ethyl adjacent to an activating group) is 1. The Balaban J connectivity index is 1.70. The molecule has 0 aromatic carbocycles. The number of ether oxygens (including phenoxy) is 2. The van der Waals surface area contributed by atoms with Crippen LogP contribution in [-0.4, -0.2) is 74.9 Å². The van der Waals surface area contributed by atoms with E-state index in [1.54, 1.807) is 0 Å². The average molecular weight is 298 g/mol. The van der Waals surface area contributed by atoms with E-state index in [-0.39, 0.29) is 11.9 Å². The maximum atomic E-state index is 12.5. The Morgan fingerprint density at radius 1 is 1.33 bits per heavy atom. The Bertz CT molecular complexity index is 321. The Hall–Kier alpha value is -0.650. The van der Waals surface area contributed by atoms with Gasteiger partial charge >= 0.3 is 0 Å². The van der Waals surface area contributed by atoms with Crippen molar-refractivity contribution in [3.05, 3.63) is 0 Å². The van der Waals surface area contributed by atoms with Crippen LogP contribution in [0.5, 0.6) is 0 Å². The van der Waals surface area contributed by atoms with Crippen LogP contribution in [0.15, 0.2) is 0 Å². The summed E-state index contributed by atoms with van der Waals surface area (Å²) in [6.07, 6.45) is 4.23. The maximum Gasteiger partial charge on any atom is 0.239 e. The minimum atomic E-state index is 0.0121. The molecule has 2 rings (SSSR count). The van der Waals surface area contributed by atoms with Gasteiger partial charge in [-0.25, -0.2) is 0 Å². The highest BCUT2D eigenvalue weighted by molar-refractivity contribution is 5.81. The average Bonchev–Trinajstić information content (AvgIpc) is 2.99. The predicted molar refractivity (Wildman–Crippen MR) is 82.2 cm³/mol. The molecule has 0 spiro atoms. The minimum absolute atomic E-state index is 0.0121. The van der Waals surface area contributed by atoms with Gasteiger partial charge in [-0.2, -0.15) is 0 Å². The quantitative estimate of drug-likeness (QED) is 0.743. The van der Waals surface area contributed by atoms with E-state index in [0.29, 0.717) is 12.0 Å². The van der Waals surface area contributed by atoms with E-state index in [4.69, 9.17) is 9.47 Å². The zero-order valence-corrected chi connectivity index (χ0v) is 13.7. The summed E-state index contributed by atoms with van der Waals surface area (Å²) in [5, 5.41) is 0. The Morgan fingerprint density at radius 2 is 2.05 bits per heavy atom. The standard InChI is InChI=1S/C16H30N2O3/c1-4-15(17(2)3)16(19)18-8-5-14(6-9-18)21-12-13-7-10-20-11-13/h13-15H,4-12H2,1-3H3/t13-,15+/m1/s1. The molecule has 0 saturated carbocycles. The number of rotatable bonds is 6. The second kappa shape index (κ2) is 8.11. The molecule has 21 heavy (non-hydrogen) atoms. The molecule has 2 aliphatic heterocycles. The molecule has 0 aromatic heterocycles.